The van der Waals surface area contributed by atoms with Gasteiger partial charge in [-0.2, -0.15) is 0 Å². The molecule has 7 rings (SSSR count). The van der Waals surface area contributed by atoms with Gasteiger partial charge < -0.3 is 28.8 Å². The van der Waals surface area contributed by atoms with Crippen LogP contribution >= 0.6 is 0 Å². The fourth-order valence-electron chi connectivity index (χ4n) is 5.87. The number of hydrogen-bond donors (Lipinski definition) is 1. The predicted octanol–water partition coefficient (Wildman–Crippen LogP) is 2.34. The van der Waals surface area contributed by atoms with E-state index in [1.165, 1.54) is 0 Å². The third-order valence-corrected chi connectivity index (χ3v) is 7.98. The lowest BCUT2D eigenvalue weighted by Gasteiger charge is -2.39. The van der Waals surface area contributed by atoms with Crippen LogP contribution in [-0.4, -0.2) is 82.9 Å². The summed E-state index contributed by atoms with van der Waals surface area (Å²) in [6.45, 7) is 4.50. The van der Waals surface area contributed by atoms with Crippen LogP contribution in [0.3, 0.4) is 0 Å². The quantitative estimate of drug-likeness (QED) is 0.371. The molecule has 4 aromatic rings. The lowest BCUT2D eigenvalue weighted by molar-refractivity contribution is 0.0906. The number of H-pyrrole nitrogens is 1. The molecule has 0 unspecified atom stereocenters. The highest BCUT2D eigenvalue weighted by Gasteiger charge is 2.34. The van der Waals surface area contributed by atoms with E-state index in [0.717, 1.165) is 62.5 Å². The molecular formula is C28H31N7O5. The van der Waals surface area contributed by atoms with Gasteiger partial charge in [-0.15, -0.1) is 5.10 Å². The number of piperazine rings is 1. The Balaban J connectivity index is 1.24. The van der Waals surface area contributed by atoms with Crippen molar-refractivity contribution < 1.29 is 18.9 Å². The highest BCUT2D eigenvalue weighted by molar-refractivity contribution is 5.83. The molecule has 2 aromatic heterocycles. The van der Waals surface area contributed by atoms with Gasteiger partial charge in [0.1, 0.15) is 11.8 Å². The molecule has 0 spiro atoms. The van der Waals surface area contributed by atoms with Crippen LogP contribution in [0.4, 0.5) is 5.69 Å². The summed E-state index contributed by atoms with van der Waals surface area (Å²) in [6.07, 6.45) is 2.05. The molecule has 2 saturated heterocycles. The molecule has 0 amide bonds. The molecule has 2 atom stereocenters. The first-order chi connectivity index (χ1) is 19.7. The number of fused-ring (bicyclic) bond motifs is 2. The number of hydrogen-bond acceptors (Lipinski definition) is 10. The number of aromatic amines is 1. The van der Waals surface area contributed by atoms with Crippen LogP contribution < -0.4 is 24.7 Å². The summed E-state index contributed by atoms with van der Waals surface area (Å²) < 4.78 is 24.1. The molecule has 0 saturated carbocycles. The van der Waals surface area contributed by atoms with Crippen LogP contribution in [0.15, 0.2) is 47.3 Å². The molecule has 208 valence electrons. The highest BCUT2D eigenvalue weighted by Crippen LogP contribution is 2.36. The Morgan fingerprint density at radius 3 is 2.62 bits per heavy atom. The van der Waals surface area contributed by atoms with E-state index in [4.69, 9.17) is 18.9 Å². The van der Waals surface area contributed by atoms with Crippen molar-refractivity contribution in [1.29, 1.82) is 0 Å². The minimum Gasteiger partial charge on any atom is -0.497 e. The fraction of sp³-hybridized carbons (Fsp3) is 0.429. The molecule has 1 N–H and O–H groups in total. The Morgan fingerprint density at radius 2 is 1.88 bits per heavy atom. The van der Waals surface area contributed by atoms with Crippen molar-refractivity contribution in [2.24, 2.45) is 0 Å². The van der Waals surface area contributed by atoms with Gasteiger partial charge in [0.15, 0.2) is 17.3 Å². The second kappa shape index (κ2) is 10.4. The number of pyridine rings is 1. The minimum absolute atomic E-state index is 0.0597. The van der Waals surface area contributed by atoms with E-state index in [9.17, 15) is 4.79 Å². The van der Waals surface area contributed by atoms with E-state index in [2.05, 4.69) is 42.4 Å². The summed E-state index contributed by atoms with van der Waals surface area (Å²) in [5.41, 5.74) is 2.24. The van der Waals surface area contributed by atoms with E-state index in [0.29, 0.717) is 34.9 Å². The Bertz CT molecular complexity index is 1560. The second-order valence-corrected chi connectivity index (χ2v) is 10.3. The van der Waals surface area contributed by atoms with Crippen molar-refractivity contribution in [2.75, 3.05) is 51.6 Å². The number of methoxy groups -OCH3 is 1. The molecule has 12 nitrogen and oxygen atoms in total. The number of nitrogens with zero attached hydrogens (tertiary/aromatic N) is 6. The predicted molar refractivity (Wildman–Crippen MR) is 146 cm³/mol. The lowest BCUT2D eigenvalue weighted by Crippen LogP contribution is -2.49. The lowest BCUT2D eigenvalue weighted by atomic mass is 10.0. The molecule has 3 aliphatic rings. The van der Waals surface area contributed by atoms with Crippen molar-refractivity contribution in [3.63, 3.8) is 0 Å². The zero-order chi connectivity index (χ0) is 27.1. The van der Waals surface area contributed by atoms with E-state index >= 15 is 0 Å². The first-order valence-electron chi connectivity index (χ1n) is 13.6. The van der Waals surface area contributed by atoms with Crippen LogP contribution in [0.5, 0.6) is 17.2 Å². The highest BCUT2D eigenvalue weighted by atomic mass is 16.7. The van der Waals surface area contributed by atoms with Crippen molar-refractivity contribution >= 4 is 16.6 Å². The first-order valence-corrected chi connectivity index (χ1v) is 13.6. The molecule has 0 aliphatic carbocycles. The SMILES string of the molecule is COc1ccc(N2CCN([C@H](c3cc4cc5c(cc4[nH]c3=O)OCO5)c3nnnn3C[C@H]3CCCO3)CC2)cc1. The average Bonchev–Trinajstić information content (AvgIpc) is 3.76. The first kappa shape index (κ1) is 24.9. The van der Waals surface area contributed by atoms with Gasteiger partial charge >= 0.3 is 0 Å². The number of tetrazole rings is 1. The summed E-state index contributed by atoms with van der Waals surface area (Å²) in [6, 6.07) is 13.3. The van der Waals surface area contributed by atoms with Crippen molar-refractivity contribution in [1.82, 2.24) is 30.1 Å². The van der Waals surface area contributed by atoms with Crippen molar-refractivity contribution in [2.45, 2.75) is 31.5 Å². The molecule has 0 bridgehead atoms. The number of ether oxygens (including phenoxy) is 4. The standard InChI is InChI=1S/C28H31N7O5/c1-37-20-6-4-19(5-7-20)33-8-10-34(11-9-33)26(27-30-31-32-35(27)16-21-3-2-12-38-21)22-13-18-14-24-25(40-17-39-24)15-23(18)29-28(22)36/h4-7,13-15,21,26H,2-3,8-12,16-17H2,1H3,(H,29,36)/t21-,26-/m1/s1. The van der Waals surface area contributed by atoms with Crippen molar-refractivity contribution in [3.8, 4) is 17.2 Å². The van der Waals surface area contributed by atoms with E-state index in [-0.39, 0.29) is 18.5 Å². The summed E-state index contributed by atoms with van der Waals surface area (Å²) in [4.78, 5) is 21.3. The maximum atomic E-state index is 13.6. The monoisotopic (exact) mass is 545 g/mol. The van der Waals surface area contributed by atoms with E-state index < -0.39 is 6.04 Å². The number of rotatable bonds is 7. The molecular weight excluding hydrogens is 514 g/mol. The van der Waals surface area contributed by atoms with Gasteiger partial charge in [0.2, 0.25) is 6.79 Å². The van der Waals surface area contributed by atoms with Gasteiger partial charge in [-0.3, -0.25) is 9.69 Å². The van der Waals surface area contributed by atoms with Crippen molar-refractivity contribution in [3.05, 3.63) is 64.2 Å². The third kappa shape index (κ3) is 4.62. The van der Waals surface area contributed by atoms with Crippen LogP contribution in [-0.2, 0) is 11.3 Å². The smallest absolute Gasteiger partial charge is 0.253 e. The Hall–Kier alpha value is -4.16. The van der Waals surface area contributed by atoms with Crippen LogP contribution in [0.1, 0.15) is 30.3 Å². The summed E-state index contributed by atoms with van der Waals surface area (Å²) >= 11 is 0. The summed E-state index contributed by atoms with van der Waals surface area (Å²) in [5, 5.41) is 13.7. The molecule has 0 radical (unpaired) electrons. The summed E-state index contributed by atoms with van der Waals surface area (Å²) in [5.74, 6) is 2.76. The summed E-state index contributed by atoms with van der Waals surface area (Å²) in [7, 11) is 1.67. The maximum Gasteiger partial charge on any atom is 0.253 e. The number of benzene rings is 2. The van der Waals surface area contributed by atoms with Gasteiger partial charge in [-0.05, 0) is 59.7 Å². The van der Waals surface area contributed by atoms with Gasteiger partial charge in [0.05, 0.1) is 25.3 Å². The molecule has 12 heteroatoms. The normalized spacial score (nSPS) is 19.8. The Morgan fingerprint density at radius 1 is 1.07 bits per heavy atom. The van der Waals surface area contributed by atoms with Crippen LogP contribution in [0.2, 0.25) is 0 Å². The van der Waals surface area contributed by atoms with Gasteiger partial charge in [-0.25, -0.2) is 4.68 Å². The number of anilines is 1. The van der Waals surface area contributed by atoms with Gasteiger partial charge in [-0.1, -0.05) is 0 Å². The number of nitrogens with one attached hydrogen (secondary N) is 1. The van der Waals surface area contributed by atoms with E-state index in [1.807, 2.05) is 30.3 Å². The Labute approximate surface area is 230 Å². The average molecular weight is 546 g/mol. The van der Waals surface area contributed by atoms with E-state index in [1.54, 1.807) is 11.8 Å². The second-order valence-electron chi connectivity index (χ2n) is 10.3. The maximum absolute atomic E-state index is 13.6. The van der Waals surface area contributed by atoms with Gasteiger partial charge in [0, 0.05) is 55.5 Å². The molecule has 2 aromatic carbocycles. The Kier molecular flexibility index (Phi) is 6.48. The fourth-order valence-corrected chi connectivity index (χ4v) is 5.87. The van der Waals surface area contributed by atoms with Crippen LogP contribution in [0.25, 0.3) is 10.9 Å². The zero-order valence-electron chi connectivity index (χ0n) is 22.3. The van der Waals surface area contributed by atoms with Crippen LogP contribution in [0, 0.1) is 0 Å². The number of aromatic nitrogens is 5. The molecule has 5 heterocycles. The molecule has 40 heavy (non-hydrogen) atoms. The largest absolute Gasteiger partial charge is 0.497 e. The minimum atomic E-state index is -0.437. The topological polar surface area (TPSA) is 120 Å². The van der Waals surface area contributed by atoms with Gasteiger partial charge in [0.25, 0.3) is 5.56 Å². The molecule has 2 fully saturated rings. The third-order valence-electron chi connectivity index (χ3n) is 7.98. The molecule has 3 aliphatic heterocycles. The zero-order valence-corrected chi connectivity index (χ0v) is 22.3.